The standard InChI is InChI=1S/C33H50O/c1-4-5-6-7-8-9-10-11-12-13-14-15-16-17-18-21-24-34-33-28(3)27(2)25-31-30-23-20-19-22-29(30)26-32(31)33/h19-20,22-23,25H,4-18,21,24,26H2,1-3H3. The molecule has 0 heterocycles. The number of ether oxygens (including phenoxy) is 1. The Balaban J connectivity index is 1.22. The van der Waals surface area contributed by atoms with Crippen molar-refractivity contribution in [2.75, 3.05) is 6.61 Å². The zero-order valence-corrected chi connectivity index (χ0v) is 22.5. The second-order valence-electron chi connectivity index (χ2n) is 10.7. The topological polar surface area (TPSA) is 9.23 Å². The van der Waals surface area contributed by atoms with E-state index in [-0.39, 0.29) is 0 Å². The quantitative estimate of drug-likeness (QED) is 0.171. The van der Waals surface area contributed by atoms with Crippen molar-refractivity contribution in [3.8, 4) is 16.9 Å². The van der Waals surface area contributed by atoms with E-state index >= 15 is 0 Å². The summed E-state index contributed by atoms with van der Waals surface area (Å²) >= 11 is 0. The van der Waals surface area contributed by atoms with Gasteiger partial charge in [0.1, 0.15) is 5.75 Å². The summed E-state index contributed by atoms with van der Waals surface area (Å²) in [5.74, 6) is 1.16. The van der Waals surface area contributed by atoms with Crippen LogP contribution in [-0.2, 0) is 6.42 Å². The maximum atomic E-state index is 6.41. The summed E-state index contributed by atoms with van der Waals surface area (Å²) in [6.45, 7) is 7.59. The van der Waals surface area contributed by atoms with Gasteiger partial charge in [-0.2, -0.15) is 0 Å². The first-order valence-electron chi connectivity index (χ1n) is 14.6. The predicted molar refractivity (Wildman–Crippen MR) is 149 cm³/mol. The van der Waals surface area contributed by atoms with Gasteiger partial charge in [0.15, 0.2) is 0 Å². The van der Waals surface area contributed by atoms with E-state index < -0.39 is 0 Å². The molecule has 0 bridgehead atoms. The van der Waals surface area contributed by atoms with Crippen LogP contribution >= 0.6 is 0 Å². The molecular formula is C33H50O. The van der Waals surface area contributed by atoms with Gasteiger partial charge in [0.25, 0.3) is 0 Å². The van der Waals surface area contributed by atoms with Gasteiger partial charge in [0.05, 0.1) is 6.61 Å². The minimum absolute atomic E-state index is 0.853. The molecule has 0 fully saturated rings. The minimum Gasteiger partial charge on any atom is -0.493 e. The first-order valence-corrected chi connectivity index (χ1v) is 14.6. The highest BCUT2D eigenvalue weighted by molar-refractivity contribution is 5.80. The van der Waals surface area contributed by atoms with E-state index in [0.717, 1.165) is 18.8 Å². The molecule has 0 saturated heterocycles. The summed E-state index contributed by atoms with van der Waals surface area (Å²) in [4.78, 5) is 0. The molecule has 0 aliphatic heterocycles. The van der Waals surface area contributed by atoms with Crippen molar-refractivity contribution < 1.29 is 4.74 Å². The lowest BCUT2D eigenvalue weighted by Gasteiger charge is -2.16. The summed E-state index contributed by atoms with van der Waals surface area (Å²) in [6.07, 6.45) is 23.5. The second kappa shape index (κ2) is 15.3. The number of hydrogen-bond donors (Lipinski definition) is 0. The molecule has 1 aliphatic rings. The van der Waals surface area contributed by atoms with Crippen LogP contribution in [0.1, 0.15) is 132 Å². The molecule has 2 aromatic rings. The smallest absolute Gasteiger partial charge is 0.126 e. The first kappa shape index (κ1) is 26.8. The third-order valence-electron chi connectivity index (χ3n) is 7.81. The molecule has 188 valence electrons. The lowest BCUT2D eigenvalue weighted by molar-refractivity contribution is 0.300. The van der Waals surface area contributed by atoms with Gasteiger partial charge in [-0.25, -0.2) is 0 Å². The summed E-state index contributed by atoms with van der Waals surface area (Å²) in [5, 5.41) is 0. The summed E-state index contributed by atoms with van der Waals surface area (Å²) < 4.78 is 6.41. The van der Waals surface area contributed by atoms with Crippen molar-refractivity contribution in [3.63, 3.8) is 0 Å². The molecule has 0 unspecified atom stereocenters. The van der Waals surface area contributed by atoms with Crippen LogP contribution in [0.2, 0.25) is 0 Å². The van der Waals surface area contributed by atoms with Crippen LogP contribution < -0.4 is 4.74 Å². The van der Waals surface area contributed by atoms with E-state index in [1.54, 1.807) is 0 Å². The fourth-order valence-corrected chi connectivity index (χ4v) is 5.50. The minimum atomic E-state index is 0.853. The highest BCUT2D eigenvalue weighted by Crippen LogP contribution is 2.44. The number of benzene rings is 2. The normalized spacial score (nSPS) is 12.1. The monoisotopic (exact) mass is 462 g/mol. The van der Waals surface area contributed by atoms with Gasteiger partial charge in [-0.1, -0.05) is 134 Å². The maximum absolute atomic E-state index is 6.41. The molecule has 1 heteroatoms. The third kappa shape index (κ3) is 8.17. The van der Waals surface area contributed by atoms with Crippen molar-refractivity contribution in [2.45, 2.75) is 130 Å². The first-order chi connectivity index (χ1) is 16.7. The van der Waals surface area contributed by atoms with Gasteiger partial charge in [0.2, 0.25) is 0 Å². The van der Waals surface area contributed by atoms with E-state index in [1.807, 2.05) is 0 Å². The Morgan fingerprint density at radius 3 is 1.76 bits per heavy atom. The average Bonchev–Trinajstić information content (AvgIpc) is 3.21. The van der Waals surface area contributed by atoms with Gasteiger partial charge in [0, 0.05) is 12.0 Å². The van der Waals surface area contributed by atoms with Crippen molar-refractivity contribution in [1.29, 1.82) is 0 Å². The highest BCUT2D eigenvalue weighted by atomic mass is 16.5. The molecule has 0 atom stereocenters. The molecule has 0 spiro atoms. The number of rotatable bonds is 18. The van der Waals surface area contributed by atoms with Crippen LogP contribution in [0.4, 0.5) is 0 Å². The molecule has 34 heavy (non-hydrogen) atoms. The number of fused-ring (bicyclic) bond motifs is 3. The Kier molecular flexibility index (Phi) is 12.1. The fourth-order valence-electron chi connectivity index (χ4n) is 5.50. The SMILES string of the molecule is CCCCCCCCCCCCCCCCCCOc1c(C)c(C)cc2c1Cc1ccccc1-2. The fraction of sp³-hybridized carbons (Fsp3) is 0.636. The Labute approximate surface area is 210 Å². The average molecular weight is 463 g/mol. The molecular weight excluding hydrogens is 412 g/mol. The summed E-state index contributed by atoms with van der Waals surface area (Å²) in [5.41, 5.74) is 8.30. The maximum Gasteiger partial charge on any atom is 0.126 e. The number of unbranched alkanes of at least 4 members (excludes halogenated alkanes) is 15. The molecule has 0 radical (unpaired) electrons. The molecule has 1 aliphatic carbocycles. The summed E-state index contributed by atoms with van der Waals surface area (Å²) in [7, 11) is 0. The van der Waals surface area contributed by atoms with Crippen LogP contribution in [0, 0.1) is 13.8 Å². The van der Waals surface area contributed by atoms with Crippen LogP contribution in [-0.4, -0.2) is 6.61 Å². The number of hydrogen-bond acceptors (Lipinski definition) is 1. The Morgan fingerprint density at radius 2 is 1.18 bits per heavy atom. The molecule has 0 amide bonds. The summed E-state index contributed by atoms with van der Waals surface area (Å²) in [6, 6.07) is 11.2. The van der Waals surface area contributed by atoms with E-state index in [1.165, 1.54) is 136 Å². The highest BCUT2D eigenvalue weighted by Gasteiger charge is 2.24. The lowest BCUT2D eigenvalue weighted by atomic mass is 9.98. The largest absolute Gasteiger partial charge is 0.493 e. The van der Waals surface area contributed by atoms with Crippen LogP contribution in [0.5, 0.6) is 5.75 Å². The van der Waals surface area contributed by atoms with E-state index in [4.69, 9.17) is 4.74 Å². The van der Waals surface area contributed by atoms with Crippen molar-refractivity contribution in [2.24, 2.45) is 0 Å². The van der Waals surface area contributed by atoms with Gasteiger partial charge in [-0.3, -0.25) is 0 Å². The van der Waals surface area contributed by atoms with Crippen molar-refractivity contribution >= 4 is 0 Å². The van der Waals surface area contributed by atoms with Gasteiger partial charge in [-0.05, 0) is 48.1 Å². The van der Waals surface area contributed by atoms with Crippen LogP contribution in [0.15, 0.2) is 30.3 Å². The molecule has 2 aromatic carbocycles. The van der Waals surface area contributed by atoms with E-state index in [9.17, 15) is 0 Å². The molecule has 1 nitrogen and oxygen atoms in total. The number of aryl methyl sites for hydroxylation is 1. The molecule has 0 aromatic heterocycles. The molecule has 0 saturated carbocycles. The van der Waals surface area contributed by atoms with Crippen LogP contribution in [0.25, 0.3) is 11.1 Å². The molecule has 3 rings (SSSR count). The second-order valence-corrected chi connectivity index (χ2v) is 10.7. The Bertz CT molecular complexity index is 850. The van der Waals surface area contributed by atoms with E-state index in [2.05, 4.69) is 51.1 Å². The van der Waals surface area contributed by atoms with Gasteiger partial charge >= 0.3 is 0 Å². The predicted octanol–water partition coefficient (Wildman–Crippen LogP) is 10.5. The van der Waals surface area contributed by atoms with Gasteiger partial charge < -0.3 is 4.74 Å². The van der Waals surface area contributed by atoms with Crippen molar-refractivity contribution in [3.05, 3.63) is 52.6 Å². The zero-order valence-electron chi connectivity index (χ0n) is 22.5. The van der Waals surface area contributed by atoms with Gasteiger partial charge in [-0.15, -0.1) is 0 Å². The lowest BCUT2D eigenvalue weighted by Crippen LogP contribution is -2.03. The van der Waals surface area contributed by atoms with Crippen molar-refractivity contribution in [1.82, 2.24) is 0 Å². The molecule has 0 N–H and O–H groups in total. The zero-order chi connectivity index (χ0) is 24.0. The Morgan fingerprint density at radius 1 is 0.647 bits per heavy atom. The third-order valence-corrected chi connectivity index (χ3v) is 7.81. The Hall–Kier alpha value is -1.76. The van der Waals surface area contributed by atoms with Crippen LogP contribution in [0.3, 0.4) is 0 Å². The van der Waals surface area contributed by atoms with E-state index in [0.29, 0.717) is 0 Å².